The van der Waals surface area contributed by atoms with Crippen LogP contribution in [0.25, 0.3) is 0 Å². The highest BCUT2D eigenvalue weighted by molar-refractivity contribution is 5.95. The lowest BCUT2D eigenvalue weighted by atomic mass is 9.86. The van der Waals surface area contributed by atoms with Crippen LogP contribution in [-0.4, -0.2) is 21.5 Å². The van der Waals surface area contributed by atoms with Crippen LogP contribution in [-0.2, 0) is 18.5 Å². The average Bonchev–Trinajstić information content (AvgIpc) is 3.20. The number of nitriles is 1. The average molecular weight is 418 g/mol. The Bertz CT molecular complexity index is 1160. The van der Waals surface area contributed by atoms with Crippen molar-refractivity contribution in [1.82, 2.24) is 15.1 Å². The van der Waals surface area contributed by atoms with Crippen molar-refractivity contribution in [3.8, 4) is 6.07 Å². The molecule has 0 bridgehead atoms. The monoisotopic (exact) mass is 418 g/mol. The molecule has 2 aromatic carbocycles. The van der Waals surface area contributed by atoms with Gasteiger partial charge in [-0.15, -0.1) is 0 Å². The van der Waals surface area contributed by atoms with Crippen LogP contribution >= 0.6 is 0 Å². The highest BCUT2D eigenvalue weighted by Crippen LogP contribution is 2.22. The Labute approximate surface area is 179 Å². The fourth-order valence-corrected chi connectivity index (χ4v) is 3.02. The van der Waals surface area contributed by atoms with E-state index < -0.39 is 11.2 Å². The lowest BCUT2D eigenvalue weighted by Crippen LogP contribution is -2.22. The SMILES string of the molecule is CC(C)(C#N)c1ccc(Cn2cc(C(=O)NCc3ccc(C(=N)N)c(F)c3)cn2)cc1. The maximum Gasteiger partial charge on any atom is 0.254 e. The Hall–Kier alpha value is -3.99. The fourth-order valence-electron chi connectivity index (χ4n) is 3.02. The van der Waals surface area contributed by atoms with Crippen molar-refractivity contribution in [2.45, 2.75) is 32.4 Å². The third kappa shape index (κ3) is 5.14. The molecule has 0 radical (unpaired) electrons. The molecule has 31 heavy (non-hydrogen) atoms. The molecule has 1 heterocycles. The molecule has 0 aliphatic carbocycles. The molecule has 0 aliphatic heterocycles. The summed E-state index contributed by atoms with van der Waals surface area (Å²) >= 11 is 0. The smallest absolute Gasteiger partial charge is 0.254 e. The van der Waals surface area contributed by atoms with Crippen molar-refractivity contribution in [3.63, 3.8) is 0 Å². The molecule has 3 aromatic rings. The number of nitrogens with one attached hydrogen (secondary N) is 2. The zero-order valence-electron chi connectivity index (χ0n) is 17.3. The molecule has 1 amide bonds. The van der Waals surface area contributed by atoms with E-state index in [1.54, 1.807) is 16.9 Å². The fraction of sp³-hybridized carbons (Fsp3) is 0.217. The second kappa shape index (κ2) is 8.79. The van der Waals surface area contributed by atoms with E-state index in [-0.39, 0.29) is 23.9 Å². The van der Waals surface area contributed by atoms with Crippen LogP contribution in [0.5, 0.6) is 0 Å². The largest absolute Gasteiger partial charge is 0.384 e. The summed E-state index contributed by atoms with van der Waals surface area (Å²) < 4.78 is 15.6. The summed E-state index contributed by atoms with van der Waals surface area (Å²) in [5.41, 5.74) is 7.66. The maximum atomic E-state index is 13.9. The molecular weight excluding hydrogens is 395 g/mol. The standard InChI is InChI=1S/C23H23FN6O/c1-23(2,14-25)18-6-3-15(4-7-18)12-30-13-17(11-29-30)22(31)28-10-16-5-8-19(21(26)27)20(24)9-16/h3-9,11,13H,10,12H2,1-2H3,(H3,26,27)(H,28,31). The van der Waals surface area contributed by atoms with Crippen LogP contribution in [0.2, 0.25) is 0 Å². The van der Waals surface area contributed by atoms with Gasteiger partial charge in [-0.3, -0.25) is 14.9 Å². The van der Waals surface area contributed by atoms with Crippen LogP contribution in [0.4, 0.5) is 4.39 Å². The van der Waals surface area contributed by atoms with Gasteiger partial charge in [0.1, 0.15) is 11.7 Å². The number of nitrogen functional groups attached to an aromatic ring is 1. The number of hydrogen-bond donors (Lipinski definition) is 3. The zero-order valence-corrected chi connectivity index (χ0v) is 17.3. The number of rotatable bonds is 7. The maximum absolute atomic E-state index is 13.9. The molecule has 158 valence electrons. The first-order valence-electron chi connectivity index (χ1n) is 9.64. The molecule has 3 rings (SSSR count). The van der Waals surface area contributed by atoms with Gasteiger partial charge in [0, 0.05) is 12.7 Å². The Morgan fingerprint density at radius 3 is 2.55 bits per heavy atom. The number of amidine groups is 1. The first kappa shape index (κ1) is 21.7. The van der Waals surface area contributed by atoms with Gasteiger partial charge in [-0.05, 0) is 42.7 Å². The summed E-state index contributed by atoms with van der Waals surface area (Å²) in [6.07, 6.45) is 3.11. The number of benzene rings is 2. The number of carbonyl (C=O) groups is 1. The van der Waals surface area contributed by atoms with E-state index in [0.717, 1.165) is 11.1 Å². The predicted molar refractivity (Wildman–Crippen MR) is 115 cm³/mol. The van der Waals surface area contributed by atoms with Gasteiger partial charge in [-0.2, -0.15) is 10.4 Å². The van der Waals surface area contributed by atoms with E-state index >= 15 is 0 Å². The molecule has 0 saturated carbocycles. The number of aromatic nitrogens is 2. The predicted octanol–water partition coefficient (Wildman–Crippen LogP) is 3.09. The van der Waals surface area contributed by atoms with E-state index in [1.807, 2.05) is 38.1 Å². The Morgan fingerprint density at radius 2 is 1.94 bits per heavy atom. The highest BCUT2D eigenvalue weighted by atomic mass is 19.1. The second-order valence-electron chi connectivity index (χ2n) is 7.77. The first-order chi connectivity index (χ1) is 14.7. The van der Waals surface area contributed by atoms with Crippen molar-refractivity contribution in [1.29, 1.82) is 10.7 Å². The number of amides is 1. The number of nitrogens with zero attached hydrogens (tertiary/aromatic N) is 3. The van der Waals surface area contributed by atoms with Gasteiger partial charge >= 0.3 is 0 Å². The molecular formula is C23H23FN6O. The van der Waals surface area contributed by atoms with Crippen molar-refractivity contribution < 1.29 is 9.18 Å². The van der Waals surface area contributed by atoms with E-state index in [9.17, 15) is 14.4 Å². The molecule has 1 aromatic heterocycles. The second-order valence-corrected chi connectivity index (χ2v) is 7.77. The van der Waals surface area contributed by atoms with Gasteiger partial charge in [0.25, 0.3) is 5.91 Å². The number of carbonyl (C=O) groups excluding carboxylic acids is 1. The Balaban J connectivity index is 1.60. The van der Waals surface area contributed by atoms with Gasteiger partial charge < -0.3 is 11.1 Å². The minimum Gasteiger partial charge on any atom is -0.384 e. The number of nitrogens with two attached hydrogens (primary N) is 1. The molecule has 0 atom stereocenters. The lowest BCUT2D eigenvalue weighted by molar-refractivity contribution is 0.0950. The molecule has 4 N–H and O–H groups in total. The molecule has 0 aliphatic rings. The van der Waals surface area contributed by atoms with E-state index in [4.69, 9.17) is 11.1 Å². The van der Waals surface area contributed by atoms with Crippen LogP contribution in [0.1, 0.15) is 46.5 Å². The third-order valence-electron chi connectivity index (χ3n) is 4.97. The van der Waals surface area contributed by atoms with Gasteiger partial charge in [0.05, 0.1) is 35.4 Å². The number of hydrogen-bond acceptors (Lipinski definition) is 4. The minimum atomic E-state index is -0.601. The molecule has 0 saturated heterocycles. The minimum absolute atomic E-state index is 0.0283. The highest BCUT2D eigenvalue weighted by Gasteiger charge is 2.19. The summed E-state index contributed by atoms with van der Waals surface area (Å²) in [6, 6.07) is 14.3. The van der Waals surface area contributed by atoms with Crippen molar-refractivity contribution in [2.75, 3.05) is 0 Å². The molecule has 0 spiro atoms. The van der Waals surface area contributed by atoms with Crippen LogP contribution in [0.15, 0.2) is 54.9 Å². The van der Waals surface area contributed by atoms with Crippen LogP contribution in [0, 0.1) is 22.6 Å². The van der Waals surface area contributed by atoms with Crippen molar-refractivity contribution in [2.24, 2.45) is 5.73 Å². The van der Waals surface area contributed by atoms with E-state index in [0.29, 0.717) is 17.7 Å². The quantitative estimate of drug-likeness (QED) is 0.403. The van der Waals surface area contributed by atoms with Gasteiger partial charge in [0.15, 0.2) is 0 Å². The van der Waals surface area contributed by atoms with Crippen LogP contribution in [0.3, 0.4) is 0 Å². The summed E-state index contributed by atoms with van der Waals surface area (Å²) in [7, 11) is 0. The summed E-state index contributed by atoms with van der Waals surface area (Å²) in [6.45, 7) is 4.35. The van der Waals surface area contributed by atoms with Gasteiger partial charge in [0.2, 0.25) is 0 Å². The zero-order chi connectivity index (χ0) is 22.6. The van der Waals surface area contributed by atoms with Gasteiger partial charge in [-0.25, -0.2) is 4.39 Å². The molecule has 8 heteroatoms. The summed E-state index contributed by atoms with van der Waals surface area (Å²) in [5, 5.41) is 23.5. The Morgan fingerprint density at radius 1 is 1.26 bits per heavy atom. The summed E-state index contributed by atoms with van der Waals surface area (Å²) in [4.78, 5) is 12.4. The number of halogens is 1. The molecule has 7 nitrogen and oxygen atoms in total. The van der Waals surface area contributed by atoms with E-state index in [2.05, 4.69) is 16.5 Å². The molecule has 0 unspecified atom stereocenters. The third-order valence-corrected chi connectivity index (χ3v) is 4.97. The molecule has 0 fully saturated rings. The van der Waals surface area contributed by atoms with Crippen molar-refractivity contribution in [3.05, 3.63) is 88.5 Å². The van der Waals surface area contributed by atoms with Crippen molar-refractivity contribution >= 4 is 11.7 Å². The normalized spacial score (nSPS) is 11.0. The lowest BCUT2D eigenvalue weighted by Gasteiger charge is -2.15. The topological polar surface area (TPSA) is 121 Å². The van der Waals surface area contributed by atoms with E-state index in [1.165, 1.54) is 18.3 Å². The first-order valence-corrected chi connectivity index (χ1v) is 9.64. The summed E-state index contributed by atoms with van der Waals surface area (Å²) in [5.74, 6) is -1.27. The van der Waals surface area contributed by atoms with Crippen LogP contribution < -0.4 is 11.1 Å². The van der Waals surface area contributed by atoms with Gasteiger partial charge in [-0.1, -0.05) is 30.3 Å². The Kier molecular flexibility index (Phi) is 6.16.